The van der Waals surface area contributed by atoms with Gasteiger partial charge in [0.15, 0.2) is 5.65 Å². The number of ether oxygens (including phenoxy) is 1. The first-order valence-corrected chi connectivity index (χ1v) is 11.6. The van der Waals surface area contributed by atoms with Crippen LogP contribution < -0.4 is 10.2 Å². The molecule has 0 bridgehead atoms. The second-order valence-corrected chi connectivity index (χ2v) is 9.00. The minimum Gasteiger partial charge on any atom is -0.375 e. The molecule has 32 heavy (non-hydrogen) atoms. The standard InChI is InChI=1S/C25H28N6O/c1-2-14-32-25(8-1)9-12-31(13-10-25)23-6-5-20-24(30-23)29-22(17-27-20)28-16-18-3-4-19-7-11-26-21(19)15-18/h3-7,11,15,17,26H,1-2,8-10,12-14,16H2,(H,28,29,30). The monoisotopic (exact) mass is 428 g/mol. The lowest BCUT2D eigenvalue weighted by Crippen LogP contribution is -2.48. The highest BCUT2D eigenvalue weighted by Gasteiger charge is 2.37. The average molecular weight is 429 g/mol. The summed E-state index contributed by atoms with van der Waals surface area (Å²) < 4.78 is 6.18. The summed E-state index contributed by atoms with van der Waals surface area (Å²) in [5, 5.41) is 4.61. The summed E-state index contributed by atoms with van der Waals surface area (Å²) in [6.45, 7) is 3.55. The molecule has 0 atom stereocenters. The number of hydrogen-bond donors (Lipinski definition) is 2. The van der Waals surface area contributed by atoms with Gasteiger partial charge >= 0.3 is 0 Å². The highest BCUT2D eigenvalue weighted by atomic mass is 16.5. The van der Waals surface area contributed by atoms with Crippen LogP contribution in [0.3, 0.4) is 0 Å². The van der Waals surface area contributed by atoms with Crippen molar-refractivity contribution in [3.8, 4) is 0 Å². The van der Waals surface area contributed by atoms with Gasteiger partial charge in [-0.25, -0.2) is 15.0 Å². The van der Waals surface area contributed by atoms with Crippen molar-refractivity contribution in [3.05, 3.63) is 54.4 Å². The number of rotatable bonds is 4. The third-order valence-corrected chi connectivity index (χ3v) is 6.92. The Hall–Kier alpha value is -3.19. The zero-order chi connectivity index (χ0) is 21.4. The number of benzene rings is 1. The summed E-state index contributed by atoms with van der Waals surface area (Å²) >= 11 is 0. The first kappa shape index (κ1) is 19.5. The maximum Gasteiger partial charge on any atom is 0.182 e. The Morgan fingerprint density at radius 2 is 1.97 bits per heavy atom. The van der Waals surface area contributed by atoms with Crippen LogP contribution in [0.4, 0.5) is 11.6 Å². The summed E-state index contributed by atoms with van der Waals surface area (Å²) in [4.78, 5) is 19.8. The molecule has 7 nitrogen and oxygen atoms in total. The maximum atomic E-state index is 6.18. The summed E-state index contributed by atoms with van der Waals surface area (Å²) in [6, 6.07) is 12.6. The molecule has 0 unspecified atom stereocenters. The number of piperidine rings is 1. The SMILES string of the molecule is c1cc2ccc(CNc3cnc4ccc(N5CCC6(CCCCO6)CC5)nc4n3)cc2[nH]1. The number of nitrogens with zero attached hydrogens (tertiary/aromatic N) is 4. The molecule has 4 aromatic rings. The number of pyridine rings is 1. The minimum atomic E-state index is 0.103. The van der Waals surface area contributed by atoms with E-state index in [-0.39, 0.29) is 5.60 Å². The molecule has 5 heterocycles. The van der Waals surface area contributed by atoms with Crippen molar-refractivity contribution in [1.82, 2.24) is 19.9 Å². The van der Waals surface area contributed by atoms with Gasteiger partial charge in [-0.15, -0.1) is 0 Å². The van der Waals surface area contributed by atoms with E-state index < -0.39 is 0 Å². The van der Waals surface area contributed by atoms with Crippen molar-refractivity contribution in [3.63, 3.8) is 0 Å². The van der Waals surface area contributed by atoms with Crippen molar-refractivity contribution in [2.24, 2.45) is 0 Å². The number of aromatic nitrogens is 4. The summed E-state index contributed by atoms with van der Waals surface area (Å²) in [7, 11) is 0. The summed E-state index contributed by atoms with van der Waals surface area (Å²) in [6.07, 6.45) is 9.58. The van der Waals surface area contributed by atoms with Gasteiger partial charge in [0.25, 0.3) is 0 Å². The predicted molar refractivity (Wildman–Crippen MR) is 127 cm³/mol. The normalized spacial score (nSPS) is 18.4. The molecule has 0 amide bonds. The molecular weight excluding hydrogens is 400 g/mol. The largest absolute Gasteiger partial charge is 0.375 e. The lowest BCUT2D eigenvalue weighted by Gasteiger charge is -2.44. The highest BCUT2D eigenvalue weighted by Crippen LogP contribution is 2.36. The van der Waals surface area contributed by atoms with Crippen LogP contribution in [-0.4, -0.2) is 45.2 Å². The third kappa shape index (κ3) is 3.77. The molecule has 2 fully saturated rings. The summed E-state index contributed by atoms with van der Waals surface area (Å²) in [5.41, 5.74) is 3.93. The lowest BCUT2D eigenvalue weighted by molar-refractivity contribution is -0.0921. The molecule has 1 spiro atoms. The fourth-order valence-corrected chi connectivity index (χ4v) is 4.99. The van der Waals surface area contributed by atoms with Crippen molar-refractivity contribution in [1.29, 1.82) is 0 Å². The molecule has 0 radical (unpaired) electrons. The Balaban J connectivity index is 1.16. The first-order valence-electron chi connectivity index (χ1n) is 11.6. The van der Waals surface area contributed by atoms with Crippen molar-refractivity contribution >= 4 is 33.7 Å². The van der Waals surface area contributed by atoms with Gasteiger partial charge in [0.05, 0.1) is 11.8 Å². The highest BCUT2D eigenvalue weighted by molar-refractivity contribution is 5.80. The molecule has 2 saturated heterocycles. The Morgan fingerprint density at radius 1 is 1.03 bits per heavy atom. The smallest absolute Gasteiger partial charge is 0.182 e. The molecule has 0 saturated carbocycles. The minimum absolute atomic E-state index is 0.103. The van der Waals surface area contributed by atoms with E-state index in [1.807, 2.05) is 12.3 Å². The Morgan fingerprint density at radius 3 is 2.84 bits per heavy atom. The van der Waals surface area contributed by atoms with Crippen LogP contribution in [0.5, 0.6) is 0 Å². The van der Waals surface area contributed by atoms with Crippen LogP contribution in [0.25, 0.3) is 22.1 Å². The molecule has 2 N–H and O–H groups in total. The van der Waals surface area contributed by atoms with Crippen LogP contribution in [0.1, 0.15) is 37.7 Å². The van der Waals surface area contributed by atoms with E-state index in [4.69, 9.17) is 14.7 Å². The van der Waals surface area contributed by atoms with E-state index in [1.54, 1.807) is 6.20 Å². The van der Waals surface area contributed by atoms with Crippen LogP contribution in [0, 0.1) is 0 Å². The molecule has 3 aromatic heterocycles. The molecule has 2 aliphatic rings. The van der Waals surface area contributed by atoms with Gasteiger partial charge in [-0.05, 0) is 67.3 Å². The number of H-pyrrole nitrogens is 1. The molecule has 2 aliphatic heterocycles. The Labute approximate surface area is 187 Å². The van der Waals surface area contributed by atoms with Gasteiger partial charge in [0.1, 0.15) is 17.2 Å². The van der Waals surface area contributed by atoms with E-state index in [0.29, 0.717) is 12.2 Å². The van der Waals surface area contributed by atoms with E-state index in [9.17, 15) is 0 Å². The van der Waals surface area contributed by atoms with Crippen LogP contribution >= 0.6 is 0 Å². The predicted octanol–water partition coefficient (Wildman–Crippen LogP) is 4.66. The number of aromatic amines is 1. The van der Waals surface area contributed by atoms with Crippen LogP contribution in [0.2, 0.25) is 0 Å². The number of fused-ring (bicyclic) bond motifs is 2. The van der Waals surface area contributed by atoms with E-state index in [0.717, 1.165) is 55.2 Å². The topological polar surface area (TPSA) is 79.0 Å². The molecule has 1 aromatic carbocycles. The van der Waals surface area contributed by atoms with Crippen molar-refractivity contribution in [2.75, 3.05) is 29.9 Å². The van der Waals surface area contributed by atoms with Gasteiger partial charge in [0.2, 0.25) is 0 Å². The average Bonchev–Trinajstić information content (AvgIpc) is 3.31. The lowest BCUT2D eigenvalue weighted by atomic mass is 9.84. The molecule has 6 rings (SSSR count). The van der Waals surface area contributed by atoms with Crippen LogP contribution in [-0.2, 0) is 11.3 Å². The van der Waals surface area contributed by atoms with Crippen LogP contribution in [0.15, 0.2) is 48.8 Å². The summed E-state index contributed by atoms with van der Waals surface area (Å²) in [5.74, 6) is 1.72. The number of anilines is 2. The molecule has 164 valence electrons. The van der Waals surface area contributed by atoms with Crippen molar-refractivity contribution < 1.29 is 4.74 Å². The maximum absolute atomic E-state index is 6.18. The third-order valence-electron chi connectivity index (χ3n) is 6.92. The fourth-order valence-electron chi connectivity index (χ4n) is 4.99. The van der Waals surface area contributed by atoms with E-state index in [2.05, 4.69) is 50.5 Å². The van der Waals surface area contributed by atoms with E-state index in [1.165, 1.54) is 30.2 Å². The van der Waals surface area contributed by atoms with Gasteiger partial charge in [-0.3, -0.25) is 0 Å². The fraction of sp³-hybridized carbons (Fsp3) is 0.400. The number of hydrogen-bond acceptors (Lipinski definition) is 6. The van der Waals surface area contributed by atoms with Gasteiger partial charge in [-0.1, -0.05) is 12.1 Å². The van der Waals surface area contributed by atoms with Crippen molar-refractivity contribution in [2.45, 2.75) is 44.2 Å². The zero-order valence-electron chi connectivity index (χ0n) is 18.2. The second kappa shape index (κ2) is 8.06. The quantitative estimate of drug-likeness (QED) is 0.492. The van der Waals surface area contributed by atoms with Gasteiger partial charge in [-0.2, -0.15) is 0 Å². The molecule has 7 heteroatoms. The Kier molecular flexibility index (Phi) is 4.91. The first-order chi connectivity index (χ1) is 15.8. The van der Waals surface area contributed by atoms with Gasteiger partial charge in [0, 0.05) is 38.0 Å². The number of nitrogens with one attached hydrogen (secondary N) is 2. The second-order valence-electron chi connectivity index (χ2n) is 9.00. The molecule has 0 aliphatic carbocycles. The van der Waals surface area contributed by atoms with E-state index >= 15 is 0 Å². The zero-order valence-corrected chi connectivity index (χ0v) is 18.2. The Bertz CT molecular complexity index is 1240. The van der Waals surface area contributed by atoms with Gasteiger partial charge < -0.3 is 19.9 Å². The molecular formula is C25H28N6O.